The van der Waals surface area contributed by atoms with E-state index in [1.807, 2.05) is 0 Å². The van der Waals surface area contributed by atoms with Crippen molar-refractivity contribution in [1.29, 1.82) is 0 Å². The number of esters is 2. The number of carbonyl (C=O) groups is 5. The molecule has 0 radical (unpaired) electrons. The first-order valence-corrected chi connectivity index (χ1v) is 15.3. The van der Waals surface area contributed by atoms with Crippen molar-refractivity contribution < 1.29 is 61.2 Å². The van der Waals surface area contributed by atoms with Gasteiger partial charge in [0.15, 0.2) is 34.3 Å². The Morgan fingerprint density at radius 2 is 1.65 bits per heavy atom. The molecular formula is C29H26F4N6O9S. The molecule has 0 bridgehead atoms. The zero-order valence-corrected chi connectivity index (χ0v) is 26.3. The van der Waals surface area contributed by atoms with E-state index in [-0.39, 0.29) is 28.5 Å². The Bertz CT molecular complexity index is 1920. The van der Waals surface area contributed by atoms with Gasteiger partial charge >= 0.3 is 30.1 Å². The number of rotatable bonds is 11. The third-order valence-electron chi connectivity index (χ3n) is 8.07. The van der Waals surface area contributed by atoms with E-state index in [4.69, 9.17) is 19.7 Å². The number of aromatic nitrogens is 4. The zero-order valence-electron chi connectivity index (χ0n) is 25.5. The van der Waals surface area contributed by atoms with Gasteiger partial charge in [-0.15, -0.1) is 0 Å². The quantitative estimate of drug-likeness (QED) is 0.128. The minimum atomic E-state index is -5.18. The molecule has 260 valence electrons. The molecule has 5 atom stereocenters. The number of carboxylic acid groups (broad SMARTS) is 2. The highest BCUT2D eigenvalue weighted by Gasteiger charge is 2.79. The first kappa shape index (κ1) is 35.0. The summed E-state index contributed by atoms with van der Waals surface area (Å²) in [6, 6.07) is 0.915. The number of carbonyl (C=O) groups excluding carboxylic acids is 3. The van der Waals surface area contributed by atoms with Gasteiger partial charge in [-0.05, 0) is 30.4 Å². The second-order valence-electron chi connectivity index (χ2n) is 11.0. The number of amides is 1. The van der Waals surface area contributed by atoms with Crippen LogP contribution in [0.4, 0.5) is 23.4 Å². The Kier molecular flexibility index (Phi) is 9.50. The number of nitrogens with zero attached hydrogens (tertiary/aromatic N) is 4. The molecule has 49 heavy (non-hydrogen) atoms. The van der Waals surface area contributed by atoms with Gasteiger partial charge in [-0.1, -0.05) is 11.3 Å². The largest absolute Gasteiger partial charge is 0.481 e. The van der Waals surface area contributed by atoms with E-state index in [9.17, 15) is 41.5 Å². The highest BCUT2D eigenvalue weighted by Crippen LogP contribution is 2.70. The fourth-order valence-corrected chi connectivity index (χ4v) is 6.61. The van der Waals surface area contributed by atoms with Crippen LogP contribution in [0.25, 0.3) is 11.2 Å². The number of thiophene rings is 1. The lowest BCUT2D eigenvalue weighted by Gasteiger charge is -2.31. The number of fused-ring (bicyclic) bond motifs is 2. The molecule has 15 nitrogen and oxygen atoms in total. The Balaban J connectivity index is 1.71. The molecule has 3 heterocycles. The predicted octanol–water partition coefficient (Wildman–Crippen LogP) is 2.35. The first-order valence-electron chi connectivity index (χ1n) is 14.5. The van der Waals surface area contributed by atoms with Crippen molar-refractivity contribution in [2.45, 2.75) is 56.5 Å². The van der Waals surface area contributed by atoms with E-state index in [0.29, 0.717) is 15.9 Å². The summed E-state index contributed by atoms with van der Waals surface area (Å²) in [6.45, 7) is 0. The lowest BCUT2D eigenvalue weighted by atomic mass is 9.97. The minimum absolute atomic E-state index is 0.158. The van der Waals surface area contributed by atoms with E-state index in [2.05, 4.69) is 37.4 Å². The van der Waals surface area contributed by atoms with Crippen LogP contribution in [0.3, 0.4) is 0 Å². The molecule has 20 heteroatoms. The molecule has 2 aliphatic carbocycles. The van der Waals surface area contributed by atoms with E-state index in [1.165, 1.54) is 26.2 Å². The highest BCUT2D eigenvalue weighted by atomic mass is 32.1. The summed E-state index contributed by atoms with van der Waals surface area (Å²) < 4.78 is 69.6. The summed E-state index contributed by atoms with van der Waals surface area (Å²) in [4.78, 5) is 73.7. The van der Waals surface area contributed by atoms with Gasteiger partial charge in [-0.25, -0.2) is 15.0 Å². The number of anilines is 1. The fraction of sp³-hybridized carbons (Fsp3) is 0.448. The normalized spacial score (nSPS) is 22.4. The van der Waals surface area contributed by atoms with Gasteiger partial charge in [0, 0.05) is 20.0 Å². The van der Waals surface area contributed by atoms with Crippen LogP contribution >= 0.6 is 11.3 Å². The SMILES string of the molecule is CNC(=O)C12CC1C(n1c(C(F)(F)F)nc3c(NC)nc(C#Cc4ccc(F)s4)nc31)C(OC(=O)CCC(=O)O)C2OC(=O)CCC(=O)O. The maximum atomic E-state index is 14.8. The van der Waals surface area contributed by atoms with Gasteiger partial charge in [-0.3, -0.25) is 28.5 Å². The molecule has 0 spiro atoms. The van der Waals surface area contributed by atoms with Crippen molar-refractivity contribution in [3.63, 3.8) is 0 Å². The van der Waals surface area contributed by atoms with Crippen LogP contribution in [0.15, 0.2) is 12.1 Å². The molecule has 0 saturated heterocycles. The molecule has 1 amide bonds. The predicted molar refractivity (Wildman–Crippen MR) is 157 cm³/mol. The molecule has 0 aliphatic heterocycles. The number of hydrogen-bond donors (Lipinski definition) is 4. The van der Waals surface area contributed by atoms with Gasteiger partial charge in [0.2, 0.25) is 17.6 Å². The molecular weight excluding hydrogens is 684 g/mol. The van der Waals surface area contributed by atoms with Crippen LogP contribution in [0.5, 0.6) is 0 Å². The van der Waals surface area contributed by atoms with Gasteiger partial charge in [0.1, 0.15) is 0 Å². The monoisotopic (exact) mass is 710 g/mol. The van der Waals surface area contributed by atoms with Gasteiger partial charge in [0.25, 0.3) is 0 Å². The average molecular weight is 711 g/mol. The van der Waals surface area contributed by atoms with Crippen molar-refractivity contribution in [2.75, 3.05) is 19.4 Å². The summed E-state index contributed by atoms with van der Waals surface area (Å²) in [6.07, 6.45) is -11.7. The van der Waals surface area contributed by atoms with Crippen molar-refractivity contribution in [1.82, 2.24) is 24.8 Å². The van der Waals surface area contributed by atoms with Crippen LogP contribution in [0.2, 0.25) is 0 Å². The number of nitrogens with one attached hydrogen (secondary N) is 2. The number of carboxylic acids is 2. The highest BCUT2D eigenvalue weighted by molar-refractivity contribution is 7.10. The van der Waals surface area contributed by atoms with Crippen LogP contribution in [0.1, 0.15) is 54.7 Å². The third kappa shape index (κ3) is 6.83. The number of hydrogen-bond acceptors (Lipinski definition) is 12. The summed E-state index contributed by atoms with van der Waals surface area (Å²) >= 11 is 0.709. The Morgan fingerprint density at radius 1 is 1.00 bits per heavy atom. The standard InChI is InChI=1S/C29H26F4N6O9S/c1-34-24-20-25(37-15(36-24)6-4-12-3-5-14(30)49-12)39(26(38-20)29(31,32)33)21-13-11-28(13,27(46)35-2)23(48-19(45)10-8-17(42)43)22(21)47-18(44)9-7-16(40)41/h3,5,13,21-23H,7-11H2,1-2H3,(H,35,46)(H,40,41)(H,42,43)(H,34,36,37). The minimum Gasteiger partial charge on any atom is -0.481 e. The molecule has 2 fully saturated rings. The number of alkyl halides is 3. The number of aliphatic carboxylic acids is 2. The average Bonchev–Trinajstić information content (AvgIpc) is 3.28. The molecule has 3 aromatic rings. The Morgan fingerprint density at radius 3 is 2.20 bits per heavy atom. The van der Waals surface area contributed by atoms with Crippen molar-refractivity contribution in [3.05, 3.63) is 33.8 Å². The number of halogens is 4. The summed E-state index contributed by atoms with van der Waals surface area (Å²) in [7, 11) is 2.59. The zero-order chi connectivity index (χ0) is 35.8. The van der Waals surface area contributed by atoms with Crippen LogP contribution in [-0.2, 0) is 39.6 Å². The number of ether oxygens (including phenoxy) is 2. The fourth-order valence-electron chi connectivity index (χ4n) is 6.03. The smallest absolute Gasteiger partial charge is 0.449 e. The molecule has 0 aromatic carbocycles. The van der Waals surface area contributed by atoms with E-state index >= 15 is 0 Å². The molecule has 3 aromatic heterocycles. The maximum absolute atomic E-state index is 14.8. The molecule has 5 unspecified atom stereocenters. The number of imidazole rings is 1. The Hall–Kier alpha value is -5.32. The van der Waals surface area contributed by atoms with Crippen LogP contribution in [-0.4, -0.2) is 85.8 Å². The van der Waals surface area contributed by atoms with Gasteiger partial charge < -0.3 is 30.3 Å². The summed E-state index contributed by atoms with van der Waals surface area (Å²) in [5, 5.41) is 22.6. The molecule has 4 N–H and O–H groups in total. The summed E-state index contributed by atoms with van der Waals surface area (Å²) in [5.41, 5.74) is -2.58. The lowest BCUT2D eigenvalue weighted by Crippen LogP contribution is -2.46. The van der Waals surface area contributed by atoms with Crippen molar-refractivity contribution >= 4 is 58.1 Å². The van der Waals surface area contributed by atoms with E-state index in [1.54, 1.807) is 0 Å². The van der Waals surface area contributed by atoms with Crippen LogP contribution in [0, 0.1) is 28.3 Å². The molecule has 5 rings (SSSR count). The second-order valence-corrected chi connectivity index (χ2v) is 12.1. The molecule has 2 saturated carbocycles. The van der Waals surface area contributed by atoms with E-state index < -0.39 is 108 Å². The van der Waals surface area contributed by atoms with Gasteiger partial charge in [-0.2, -0.15) is 17.6 Å². The maximum Gasteiger partial charge on any atom is 0.449 e. The first-order chi connectivity index (χ1) is 23.1. The molecule has 2 aliphatic rings. The third-order valence-corrected chi connectivity index (χ3v) is 8.86. The van der Waals surface area contributed by atoms with Crippen molar-refractivity contribution in [2.24, 2.45) is 11.3 Å². The Labute approximate surface area is 277 Å². The van der Waals surface area contributed by atoms with E-state index in [0.717, 1.165) is 0 Å². The van der Waals surface area contributed by atoms with Crippen molar-refractivity contribution in [3.8, 4) is 11.8 Å². The lowest BCUT2D eigenvalue weighted by molar-refractivity contribution is -0.176. The summed E-state index contributed by atoms with van der Waals surface area (Å²) in [5.74, 6) is -3.72. The topological polar surface area (TPSA) is 212 Å². The second kappa shape index (κ2) is 13.3. The van der Waals surface area contributed by atoms with Gasteiger partial charge in [0.05, 0.1) is 42.0 Å². The van der Waals surface area contributed by atoms with Crippen LogP contribution < -0.4 is 10.6 Å².